The van der Waals surface area contributed by atoms with Crippen LogP contribution in [0.4, 0.5) is 5.69 Å². The Balaban J connectivity index is 1.30. The normalized spacial score (nSPS) is 19.7. The third kappa shape index (κ3) is 5.00. The van der Waals surface area contributed by atoms with Crippen LogP contribution in [0.3, 0.4) is 0 Å². The van der Waals surface area contributed by atoms with Crippen LogP contribution in [0.2, 0.25) is 0 Å². The molecule has 2 aromatic carbocycles. The number of amides is 1. The molecule has 0 spiro atoms. The minimum atomic E-state index is -1.25. The van der Waals surface area contributed by atoms with Crippen LogP contribution in [0.5, 0.6) is 11.8 Å². The molecule has 38 heavy (non-hydrogen) atoms. The number of rotatable bonds is 7. The predicted octanol–water partition coefficient (Wildman–Crippen LogP) is 4.95. The van der Waals surface area contributed by atoms with Crippen molar-refractivity contribution in [2.45, 2.75) is 52.1 Å². The van der Waals surface area contributed by atoms with Gasteiger partial charge in [0.05, 0.1) is 4.08 Å². The molecule has 4 N–H and O–H groups in total. The number of hydrogen-bond acceptors (Lipinski definition) is 9. The Hall–Kier alpha value is -2.73. The van der Waals surface area contributed by atoms with E-state index >= 15 is 0 Å². The zero-order chi connectivity index (χ0) is 26.9. The van der Waals surface area contributed by atoms with Gasteiger partial charge in [-0.05, 0) is 55.5 Å². The highest BCUT2D eigenvalue weighted by molar-refractivity contribution is 8.18. The van der Waals surface area contributed by atoms with Crippen LogP contribution in [0.15, 0.2) is 64.4 Å². The summed E-state index contributed by atoms with van der Waals surface area (Å²) in [4.78, 5) is 31.6. The number of anilines is 1. The molecule has 2 aliphatic heterocycles. The van der Waals surface area contributed by atoms with Crippen molar-refractivity contribution in [1.29, 1.82) is 0 Å². The molecule has 0 bridgehead atoms. The number of nitrogens with zero attached hydrogens (tertiary/aromatic N) is 1. The van der Waals surface area contributed by atoms with Crippen molar-refractivity contribution in [2.24, 2.45) is 0 Å². The Morgan fingerprint density at radius 3 is 2.39 bits per heavy atom. The number of thioether (sulfide) groups is 2. The molecule has 0 radical (unpaired) electrons. The zero-order valence-corrected chi connectivity index (χ0v) is 23.1. The molecule has 3 aromatic rings. The Morgan fingerprint density at radius 1 is 0.974 bits per heavy atom. The van der Waals surface area contributed by atoms with E-state index < -0.39 is 27.4 Å². The van der Waals surface area contributed by atoms with Gasteiger partial charge in [-0.3, -0.25) is 4.79 Å². The monoisotopic (exact) mass is 572 g/mol. The highest BCUT2D eigenvalue weighted by Crippen LogP contribution is 2.61. The largest absolute Gasteiger partial charge is 0.492 e. The Labute approximate surface area is 233 Å². The second-order valence-electron chi connectivity index (χ2n) is 9.22. The average Bonchev–Trinajstić information content (AvgIpc) is 3.21. The van der Waals surface area contributed by atoms with Crippen molar-refractivity contribution in [3.05, 3.63) is 65.7 Å². The Morgan fingerprint density at radius 2 is 1.66 bits per heavy atom. The number of carbonyl (C=O) groups excluding carboxylic acids is 2. The lowest BCUT2D eigenvalue weighted by atomic mass is 9.82. The molecule has 1 amide bonds. The van der Waals surface area contributed by atoms with Crippen LogP contribution in [0, 0.1) is 0 Å². The first kappa shape index (κ1) is 26.9. The number of benzene rings is 2. The molecule has 1 unspecified atom stereocenters. The van der Waals surface area contributed by atoms with Gasteiger partial charge >= 0.3 is 5.97 Å². The number of nitrogens with one attached hydrogen (secondary N) is 1. The van der Waals surface area contributed by atoms with Gasteiger partial charge < -0.3 is 25.5 Å². The summed E-state index contributed by atoms with van der Waals surface area (Å²) in [7, 11) is 0. The Kier molecular flexibility index (Phi) is 7.63. The zero-order valence-electron chi connectivity index (χ0n) is 20.7. The van der Waals surface area contributed by atoms with Crippen molar-refractivity contribution in [3.8, 4) is 11.8 Å². The van der Waals surface area contributed by atoms with Crippen LogP contribution in [0.1, 0.15) is 43.7 Å². The van der Waals surface area contributed by atoms with Crippen LogP contribution < -0.4 is 10.2 Å². The van der Waals surface area contributed by atoms with E-state index in [-0.39, 0.29) is 25.2 Å². The van der Waals surface area contributed by atoms with Gasteiger partial charge in [-0.15, -0.1) is 28.3 Å². The predicted molar refractivity (Wildman–Crippen MR) is 150 cm³/mol. The van der Waals surface area contributed by atoms with E-state index in [1.54, 1.807) is 35.3 Å². The molecule has 1 saturated heterocycles. The Bertz CT molecular complexity index is 1350. The second-order valence-corrected chi connectivity index (χ2v) is 13.6. The minimum Gasteiger partial charge on any atom is -0.492 e. The van der Waals surface area contributed by atoms with Crippen LogP contribution in [-0.2, 0) is 15.2 Å². The topological polar surface area (TPSA) is 121 Å². The number of aromatic hydroxyl groups is 2. The van der Waals surface area contributed by atoms with Crippen molar-refractivity contribution in [3.63, 3.8) is 0 Å². The minimum absolute atomic E-state index is 0.0705. The van der Waals surface area contributed by atoms with Gasteiger partial charge in [0.2, 0.25) is 17.7 Å². The first-order valence-corrected chi connectivity index (χ1v) is 15.0. The van der Waals surface area contributed by atoms with E-state index in [1.807, 2.05) is 42.5 Å². The second kappa shape index (κ2) is 10.8. The lowest BCUT2D eigenvalue weighted by molar-refractivity contribution is -0.145. The molecule has 11 heteroatoms. The molecule has 200 valence electrons. The number of carbonyl (C=O) groups is 2. The van der Waals surface area contributed by atoms with Crippen LogP contribution in [-0.4, -0.2) is 47.5 Å². The standard InChI is InChI=1S/C27H28N2O6S3/c1-26(36-14-5-15-37-26)27(34)18-6-2-3-7-20(18)38-21-11-10-17(16-19(21)27)28-22(30)8-4-9-25(33)35-29-23(31)12-13-24(29)32/h2-3,6-7,10-13,16,31-32,34H,4-5,8-9,14-15H2,1H3,(H,28,30). The van der Waals surface area contributed by atoms with Crippen molar-refractivity contribution in [1.82, 2.24) is 4.73 Å². The van der Waals surface area contributed by atoms with E-state index in [9.17, 15) is 24.9 Å². The third-order valence-corrected chi connectivity index (χ3v) is 11.2. The number of fused-ring (bicyclic) bond motifs is 2. The summed E-state index contributed by atoms with van der Waals surface area (Å²) in [6, 6.07) is 16.0. The lowest BCUT2D eigenvalue weighted by Crippen LogP contribution is -2.49. The first-order chi connectivity index (χ1) is 18.2. The quantitative estimate of drug-likeness (QED) is 0.312. The van der Waals surface area contributed by atoms with Crippen LogP contribution >= 0.6 is 35.3 Å². The fourth-order valence-corrected chi connectivity index (χ4v) is 9.08. The molecule has 5 rings (SSSR count). The van der Waals surface area contributed by atoms with Gasteiger partial charge in [-0.25, -0.2) is 4.79 Å². The maximum atomic E-state index is 12.7. The van der Waals surface area contributed by atoms with E-state index in [2.05, 4.69) is 12.2 Å². The number of aromatic nitrogens is 1. The molecule has 8 nitrogen and oxygen atoms in total. The number of hydrogen-bond donors (Lipinski definition) is 4. The highest BCUT2D eigenvalue weighted by Gasteiger charge is 2.54. The third-order valence-electron chi connectivity index (χ3n) is 6.63. The van der Waals surface area contributed by atoms with E-state index in [4.69, 9.17) is 4.84 Å². The SMILES string of the molecule is CC1(C2(O)c3ccccc3Sc3ccc(NC(=O)CCCC(=O)On4c(O)ccc4O)cc32)SCCCS1. The molecule has 0 aliphatic carbocycles. The molecule has 1 atom stereocenters. The summed E-state index contributed by atoms with van der Waals surface area (Å²) >= 11 is 5.16. The summed E-state index contributed by atoms with van der Waals surface area (Å²) in [5.74, 6) is 0.174. The van der Waals surface area contributed by atoms with Gasteiger partial charge in [-0.1, -0.05) is 30.0 Å². The van der Waals surface area contributed by atoms with Crippen molar-refractivity contribution >= 4 is 52.8 Å². The van der Waals surface area contributed by atoms with E-state index in [0.717, 1.165) is 38.8 Å². The first-order valence-electron chi connectivity index (χ1n) is 12.2. The van der Waals surface area contributed by atoms with E-state index in [1.165, 1.54) is 12.1 Å². The van der Waals surface area contributed by atoms with Gasteiger partial charge in [0.15, 0.2) is 0 Å². The van der Waals surface area contributed by atoms with E-state index in [0.29, 0.717) is 10.4 Å². The van der Waals surface area contributed by atoms with Crippen molar-refractivity contribution in [2.75, 3.05) is 16.8 Å². The molecular weight excluding hydrogens is 545 g/mol. The van der Waals surface area contributed by atoms with Gasteiger partial charge in [0, 0.05) is 51.6 Å². The fraction of sp³-hybridized carbons (Fsp3) is 0.333. The molecule has 0 saturated carbocycles. The lowest BCUT2D eigenvalue weighted by Gasteiger charge is -2.49. The summed E-state index contributed by atoms with van der Waals surface area (Å²) < 4.78 is 0.124. The fourth-order valence-electron chi connectivity index (χ4n) is 4.69. The molecule has 1 aromatic heterocycles. The molecule has 3 heterocycles. The molecule has 2 aliphatic rings. The average molecular weight is 573 g/mol. The maximum Gasteiger partial charge on any atom is 0.333 e. The van der Waals surface area contributed by atoms with Crippen LogP contribution in [0.25, 0.3) is 0 Å². The molecule has 1 fully saturated rings. The van der Waals surface area contributed by atoms with Gasteiger partial charge in [0.1, 0.15) is 5.60 Å². The summed E-state index contributed by atoms with van der Waals surface area (Å²) in [5.41, 5.74) is 0.980. The van der Waals surface area contributed by atoms with Gasteiger partial charge in [-0.2, -0.15) is 0 Å². The van der Waals surface area contributed by atoms with Gasteiger partial charge in [0.25, 0.3) is 0 Å². The van der Waals surface area contributed by atoms with Crippen molar-refractivity contribution < 1.29 is 29.7 Å². The smallest absolute Gasteiger partial charge is 0.333 e. The summed E-state index contributed by atoms with van der Waals surface area (Å²) in [6.07, 6.45) is 1.31. The molecular formula is C27H28N2O6S3. The summed E-state index contributed by atoms with van der Waals surface area (Å²) in [5, 5.41) is 34.5. The number of aliphatic hydroxyl groups is 1. The highest BCUT2D eigenvalue weighted by atomic mass is 32.2. The summed E-state index contributed by atoms with van der Waals surface area (Å²) in [6.45, 7) is 2.11. The maximum absolute atomic E-state index is 12.7.